The van der Waals surface area contributed by atoms with Gasteiger partial charge in [0, 0.05) is 20.8 Å². The molecule has 0 saturated carbocycles. The fraction of sp³-hybridized carbons (Fsp3) is 0.0769. The van der Waals surface area contributed by atoms with Crippen LogP contribution in [0.2, 0.25) is 0 Å². The standard InChI is InChI=1S/C13H10Br2N2O/c1-8-2-3-9(7-16-8)13(18)17-12-5-4-10(14)6-11(12)15/h2-7H,1H3,(H,17,18). The second kappa shape index (κ2) is 5.63. The third kappa shape index (κ3) is 3.17. The number of pyridine rings is 1. The first-order chi connectivity index (χ1) is 8.56. The van der Waals surface area contributed by atoms with Crippen LogP contribution in [0.5, 0.6) is 0 Å². The van der Waals surface area contributed by atoms with E-state index in [1.165, 1.54) is 0 Å². The Hall–Kier alpha value is -1.20. The van der Waals surface area contributed by atoms with Gasteiger partial charge in [0.15, 0.2) is 0 Å². The molecule has 18 heavy (non-hydrogen) atoms. The van der Waals surface area contributed by atoms with Gasteiger partial charge in [-0.15, -0.1) is 0 Å². The van der Waals surface area contributed by atoms with Crippen molar-refractivity contribution in [3.05, 3.63) is 56.7 Å². The summed E-state index contributed by atoms with van der Waals surface area (Å²) in [5.41, 5.74) is 2.15. The molecule has 1 heterocycles. The lowest BCUT2D eigenvalue weighted by molar-refractivity contribution is 0.102. The number of anilines is 1. The molecule has 3 nitrogen and oxygen atoms in total. The van der Waals surface area contributed by atoms with E-state index in [2.05, 4.69) is 42.2 Å². The molecular formula is C13H10Br2N2O. The molecule has 0 bridgehead atoms. The van der Waals surface area contributed by atoms with Crippen LogP contribution >= 0.6 is 31.9 Å². The van der Waals surface area contributed by atoms with Gasteiger partial charge in [0.25, 0.3) is 5.91 Å². The molecule has 1 N–H and O–H groups in total. The molecule has 1 aromatic heterocycles. The molecule has 2 rings (SSSR count). The van der Waals surface area contributed by atoms with E-state index in [1.807, 2.05) is 31.2 Å². The largest absolute Gasteiger partial charge is 0.321 e. The van der Waals surface area contributed by atoms with E-state index in [9.17, 15) is 4.79 Å². The summed E-state index contributed by atoms with van der Waals surface area (Å²) in [4.78, 5) is 16.1. The summed E-state index contributed by atoms with van der Waals surface area (Å²) in [6.45, 7) is 1.88. The minimum absolute atomic E-state index is 0.175. The minimum atomic E-state index is -0.175. The number of nitrogens with zero attached hydrogens (tertiary/aromatic N) is 1. The third-order valence-corrected chi connectivity index (χ3v) is 3.50. The zero-order valence-electron chi connectivity index (χ0n) is 9.58. The Morgan fingerprint density at radius 3 is 2.61 bits per heavy atom. The first-order valence-corrected chi connectivity index (χ1v) is 6.84. The van der Waals surface area contributed by atoms with Gasteiger partial charge in [-0.1, -0.05) is 15.9 Å². The van der Waals surface area contributed by atoms with Gasteiger partial charge in [-0.3, -0.25) is 9.78 Å². The van der Waals surface area contributed by atoms with Gasteiger partial charge in [-0.05, 0) is 53.2 Å². The van der Waals surface area contributed by atoms with Crippen LogP contribution in [0.15, 0.2) is 45.5 Å². The Balaban J connectivity index is 2.18. The molecule has 92 valence electrons. The summed E-state index contributed by atoms with van der Waals surface area (Å²) >= 11 is 6.76. The van der Waals surface area contributed by atoms with Crippen molar-refractivity contribution in [1.82, 2.24) is 4.98 Å². The summed E-state index contributed by atoms with van der Waals surface area (Å²) in [5, 5.41) is 2.83. The summed E-state index contributed by atoms with van der Waals surface area (Å²) in [6.07, 6.45) is 1.57. The van der Waals surface area contributed by atoms with Crippen LogP contribution in [0.4, 0.5) is 5.69 Å². The maximum atomic E-state index is 12.0. The zero-order valence-corrected chi connectivity index (χ0v) is 12.7. The normalized spacial score (nSPS) is 10.2. The van der Waals surface area contributed by atoms with Gasteiger partial charge in [-0.25, -0.2) is 0 Å². The first-order valence-electron chi connectivity index (χ1n) is 5.25. The smallest absolute Gasteiger partial charge is 0.257 e. The minimum Gasteiger partial charge on any atom is -0.321 e. The van der Waals surface area contributed by atoms with E-state index >= 15 is 0 Å². The average Bonchev–Trinajstić information content (AvgIpc) is 2.33. The number of aromatic nitrogens is 1. The zero-order chi connectivity index (χ0) is 13.1. The first kappa shape index (κ1) is 13.2. The van der Waals surface area contributed by atoms with Gasteiger partial charge in [0.1, 0.15) is 0 Å². The number of halogens is 2. The molecule has 0 saturated heterocycles. The lowest BCUT2D eigenvalue weighted by Crippen LogP contribution is -2.12. The van der Waals surface area contributed by atoms with E-state index in [0.29, 0.717) is 5.56 Å². The van der Waals surface area contributed by atoms with Crippen LogP contribution < -0.4 is 5.32 Å². The predicted molar refractivity (Wildman–Crippen MR) is 78.8 cm³/mol. The van der Waals surface area contributed by atoms with E-state index in [0.717, 1.165) is 20.3 Å². The average molecular weight is 370 g/mol. The number of hydrogen-bond acceptors (Lipinski definition) is 2. The van der Waals surface area contributed by atoms with Crippen LogP contribution in [0.3, 0.4) is 0 Å². The van der Waals surface area contributed by atoms with Crippen LogP contribution in [0, 0.1) is 6.92 Å². The molecule has 2 aromatic rings. The van der Waals surface area contributed by atoms with E-state index < -0.39 is 0 Å². The van der Waals surface area contributed by atoms with E-state index in [4.69, 9.17) is 0 Å². The maximum Gasteiger partial charge on any atom is 0.257 e. The molecule has 0 radical (unpaired) electrons. The van der Waals surface area contributed by atoms with Crippen molar-refractivity contribution in [3.63, 3.8) is 0 Å². The molecule has 0 aliphatic heterocycles. The van der Waals surface area contributed by atoms with Gasteiger partial charge in [0.05, 0.1) is 11.3 Å². The highest BCUT2D eigenvalue weighted by Crippen LogP contribution is 2.26. The van der Waals surface area contributed by atoms with Crippen molar-refractivity contribution >= 4 is 43.5 Å². The second-order valence-electron chi connectivity index (χ2n) is 3.77. The molecule has 0 unspecified atom stereocenters. The van der Waals surface area contributed by atoms with Crippen LogP contribution in [0.1, 0.15) is 16.1 Å². The van der Waals surface area contributed by atoms with Crippen molar-refractivity contribution in [3.8, 4) is 0 Å². The molecule has 5 heteroatoms. The number of amides is 1. The van der Waals surface area contributed by atoms with Gasteiger partial charge < -0.3 is 5.32 Å². The quantitative estimate of drug-likeness (QED) is 0.863. The molecule has 1 amide bonds. The Bertz CT molecular complexity index is 582. The monoisotopic (exact) mass is 368 g/mol. The topological polar surface area (TPSA) is 42.0 Å². The number of carbonyl (C=O) groups is 1. The number of hydrogen-bond donors (Lipinski definition) is 1. The highest BCUT2D eigenvalue weighted by Gasteiger charge is 2.08. The number of carbonyl (C=O) groups excluding carboxylic acids is 1. The third-order valence-electron chi connectivity index (χ3n) is 2.35. The fourth-order valence-electron chi connectivity index (χ4n) is 1.39. The molecular weight excluding hydrogens is 360 g/mol. The lowest BCUT2D eigenvalue weighted by Gasteiger charge is -2.07. The maximum absolute atomic E-state index is 12.0. The fourth-order valence-corrected chi connectivity index (χ4v) is 2.53. The van der Waals surface area contributed by atoms with E-state index in [-0.39, 0.29) is 5.91 Å². The summed E-state index contributed by atoms with van der Waals surface area (Å²) in [6, 6.07) is 9.14. The predicted octanol–water partition coefficient (Wildman–Crippen LogP) is 4.17. The summed E-state index contributed by atoms with van der Waals surface area (Å²) in [7, 11) is 0. The molecule has 0 atom stereocenters. The molecule has 1 aromatic carbocycles. The highest BCUT2D eigenvalue weighted by molar-refractivity contribution is 9.11. The van der Waals surface area contributed by atoms with Crippen molar-refractivity contribution < 1.29 is 4.79 Å². The van der Waals surface area contributed by atoms with Gasteiger partial charge in [-0.2, -0.15) is 0 Å². The highest BCUT2D eigenvalue weighted by atomic mass is 79.9. The molecule has 0 aliphatic carbocycles. The van der Waals surface area contributed by atoms with E-state index in [1.54, 1.807) is 12.3 Å². The van der Waals surface area contributed by atoms with Crippen molar-refractivity contribution in [1.29, 1.82) is 0 Å². The Morgan fingerprint density at radius 2 is 2.00 bits per heavy atom. The van der Waals surface area contributed by atoms with Crippen molar-refractivity contribution in [2.75, 3.05) is 5.32 Å². The second-order valence-corrected chi connectivity index (χ2v) is 5.54. The van der Waals surface area contributed by atoms with Crippen LogP contribution in [0.25, 0.3) is 0 Å². The molecule has 0 aliphatic rings. The summed E-state index contributed by atoms with van der Waals surface area (Å²) in [5.74, 6) is -0.175. The van der Waals surface area contributed by atoms with Crippen molar-refractivity contribution in [2.45, 2.75) is 6.92 Å². The SMILES string of the molecule is Cc1ccc(C(=O)Nc2ccc(Br)cc2Br)cn1. The van der Waals surface area contributed by atoms with Gasteiger partial charge >= 0.3 is 0 Å². The molecule has 0 spiro atoms. The Kier molecular flexibility index (Phi) is 4.14. The summed E-state index contributed by atoms with van der Waals surface area (Å²) < 4.78 is 1.77. The Morgan fingerprint density at radius 1 is 1.22 bits per heavy atom. The van der Waals surface area contributed by atoms with Crippen LogP contribution in [-0.2, 0) is 0 Å². The van der Waals surface area contributed by atoms with Crippen molar-refractivity contribution in [2.24, 2.45) is 0 Å². The van der Waals surface area contributed by atoms with Gasteiger partial charge in [0.2, 0.25) is 0 Å². The van der Waals surface area contributed by atoms with Crippen LogP contribution in [-0.4, -0.2) is 10.9 Å². The number of aryl methyl sites for hydroxylation is 1. The molecule has 0 fully saturated rings. The number of nitrogens with one attached hydrogen (secondary N) is 1. The Labute approximate surface area is 122 Å². The lowest BCUT2D eigenvalue weighted by atomic mass is 10.2. The number of benzene rings is 1. The number of rotatable bonds is 2.